The number of rotatable bonds is 0. The molecule has 0 fully saturated rings. The Morgan fingerprint density at radius 3 is 0.818 bits per heavy atom. The van der Waals surface area contributed by atoms with Gasteiger partial charge >= 0.3 is 18.3 Å². The molecule has 11 heteroatoms. The molecular formula is H4AuO6S4. The first kappa shape index (κ1) is 18.1. The Kier molecular flexibility index (Phi) is 11.1. The first-order chi connectivity index (χ1) is 4.00. The van der Waals surface area contributed by atoms with Crippen molar-refractivity contribution in [1.82, 2.24) is 0 Å². The van der Waals surface area contributed by atoms with Crippen LogP contribution in [0.1, 0.15) is 0 Å². The van der Waals surface area contributed by atoms with Crippen LogP contribution in [-0.4, -0.2) is 25.9 Å². The van der Waals surface area contributed by atoms with Crippen LogP contribution in [0.5, 0.6) is 0 Å². The minimum absolute atomic E-state index is 0. The van der Waals surface area contributed by atoms with E-state index in [1.54, 1.807) is 0 Å². The Bertz CT molecular complexity index is 211. The van der Waals surface area contributed by atoms with Crippen LogP contribution in [-0.2, 0) is 40.7 Å². The van der Waals surface area contributed by atoms with Crippen LogP contribution in [0.4, 0.5) is 0 Å². The summed E-state index contributed by atoms with van der Waals surface area (Å²) >= 11 is 5.30. The molecule has 75 valence electrons. The van der Waals surface area contributed by atoms with Crippen LogP contribution >= 0.6 is 23.3 Å². The van der Waals surface area contributed by atoms with Gasteiger partial charge in [-0.25, -0.2) is 0 Å². The van der Waals surface area contributed by atoms with E-state index in [4.69, 9.17) is 25.9 Å². The fourth-order valence-electron chi connectivity index (χ4n) is 0. The smallest absolute Gasteiger partial charge is 0.277 e. The number of hydrogen-bond acceptors (Lipinski definition) is 4. The van der Waals surface area contributed by atoms with Gasteiger partial charge in [-0.1, -0.05) is 0 Å². The van der Waals surface area contributed by atoms with Gasteiger partial charge in [0.05, 0.1) is 0 Å². The minimum atomic E-state index is -3.97. The summed E-state index contributed by atoms with van der Waals surface area (Å²) in [5.74, 6) is 0. The van der Waals surface area contributed by atoms with E-state index in [0.717, 1.165) is 0 Å². The van der Waals surface area contributed by atoms with E-state index < -0.39 is 18.3 Å². The molecule has 0 amide bonds. The summed E-state index contributed by atoms with van der Waals surface area (Å²) in [7, 11) is -7.94. The molecule has 0 aromatic carbocycles. The summed E-state index contributed by atoms with van der Waals surface area (Å²) in [5.41, 5.74) is 0. The van der Waals surface area contributed by atoms with Crippen molar-refractivity contribution in [3.05, 3.63) is 0 Å². The molecule has 6 nitrogen and oxygen atoms in total. The van der Waals surface area contributed by atoms with Gasteiger partial charge in [0, 0.05) is 22.4 Å². The van der Waals surface area contributed by atoms with Gasteiger partial charge < -0.3 is 0 Å². The minimum Gasteiger partial charge on any atom is -0.277 e. The molecule has 1 radical (unpaired) electrons. The van der Waals surface area contributed by atoms with Crippen LogP contribution in [0.3, 0.4) is 0 Å². The molecule has 0 saturated heterocycles. The van der Waals surface area contributed by atoms with Crippen molar-refractivity contribution in [3.63, 3.8) is 0 Å². The predicted molar refractivity (Wildman–Crippen MR) is 41.1 cm³/mol. The fourth-order valence-corrected chi connectivity index (χ4v) is 0. The van der Waals surface area contributed by atoms with Crippen LogP contribution in [0, 0.1) is 0 Å². The van der Waals surface area contributed by atoms with Crippen molar-refractivity contribution < 1.29 is 48.3 Å². The first-order valence-electron chi connectivity index (χ1n) is 1.40. The van der Waals surface area contributed by atoms with Crippen LogP contribution in [0.15, 0.2) is 0 Å². The third-order valence-corrected chi connectivity index (χ3v) is 0. The van der Waals surface area contributed by atoms with Gasteiger partial charge in [-0.3, -0.25) is 9.11 Å². The summed E-state index contributed by atoms with van der Waals surface area (Å²) in [6.45, 7) is 0. The normalized spacial score (nSPS) is 10.5. The molecule has 0 atom stereocenters. The van der Waals surface area contributed by atoms with Crippen LogP contribution in [0.25, 0.3) is 0 Å². The van der Waals surface area contributed by atoms with Gasteiger partial charge in [0.15, 0.2) is 0 Å². The third-order valence-electron chi connectivity index (χ3n) is 0. The predicted octanol–water partition coefficient (Wildman–Crippen LogP) is -0.564. The molecule has 0 aliphatic heterocycles. The van der Waals surface area contributed by atoms with Crippen molar-refractivity contribution >= 4 is 41.6 Å². The van der Waals surface area contributed by atoms with E-state index in [1.165, 1.54) is 0 Å². The van der Waals surface area contributed by atoms with E-state index in [2.05, 4.69) is 23.3 Å². The van der Waals surface area contributed by atoms with Crippen molar-refractivity contribution in [2.45, 2.75) is 0 Å². The molecule has 0 bridgehead atoms. The summed E-state index contributed by atoms with van der Waals surface area (Å²) in [6, 6.07) is 0. The number of hydrogen-bond donors (Lipinski definition) is 4. The fraction of sp³-hybridized carbons (Fsp3) is 0. The standard InChI is InChI=1S/Au.2H2O3S2/c;2*1-5(2,3)4/h;2*(H2,1,2,3,4). The zero-order chi connectivity index (χ0) is 9.00. The van der Waals surface area contributed by atoms with E-state index in [9.17, 15) is 0 Å². The molecule has 0 aliphatic rings. The first-order valence-corrected chi connectivity index (χ1v) is 6.38. The number of thiol groups is 2. The van der Waals surface area contributed by atoms with Gasteiger partial charge in [0.2, 0.25) is 0 Å². The van der Waals surface area contributed by atoms with Gasteiger partial charge in [0.25, 0.3) is 0 Å². The Hall–Kier alpha value is 1.26. The Morgan fingerprint density at radius 2 is 0.818 bits per heavy atom. The van der Waals surface area contributed by atoms with Crippen molar-refractivity contribution in [2.24, 2.45) is 0 Å². The Balaban J connectivity index is -0.000000107. The van der Waals surface area contributed by atoms with Crippen molar-refractivity contribution in [1.29, 1.82) is 0 Å². The largest absolute Gasteiger partial charge is 0.316 e. The maximum Gasteiger partial charge on any atom is 0.316 e. The topological polar surface area (TPSA) is 109 Å². The molecule has 0 aliphatic carbocycles. The Morgan fingerprint density at radius 1 is 0.818 bits per heavy atom. The molecule has 0 aromatic rings. The summed E-state index contributed by atoms with van der Waals surface area (Å²) in [4.78, 5) is 0. The van der Waals surface area contributed by atoms with E-state index >= 15 is 0 Å². The summed E-state index contributed by atoms with van der Waals surface area (Å²) in [6.07, 6.45) is 0. The quantitative estimate of drug-likeness (QED) is 0.179. The second kappa shape index (κ2) is 6.74. The monoisotopic (exact) mass is 425 g/mol. The SMILES string of the molecule is O=S(=O)(O)S.O=S(=O)(O)S.[Au]. The van der Waals surface area contributed by atoms with Gasteiger partial charge in [0.1, 0.15) is 0 Å². The average molecular weight is 425 g/mol. The van der Waals surface area contributed by atoms with Crippen LogP contribution < -0.4 is 0 Å². The maximum absolute atomic E-state index is 9.05. The van der Waals surface area contributed by atoms with Crippen molar-refractivity contribution in [3.8, 4) is 0 Å². The zero-order valence-corrected chi connectivity index (χ0v) is 10.1. The second-order valence-corrected chi connectivity index (χ2v) is 5.46. The molecule has 0 rings (SSSR count). The maximum atomic E-state index is 9.05. The van der Waals surface area contributed by atoms with Crippen LogP contribution in [0.2, 0.25) is 0 Å². The molecule has 0 heterocycles. The van der Waals surface area contributed by atoms with Gasteiger partial charge in [-0.15, -0.1) is 0 Å². The molecule has 11 heavy (non-hydrogen) atoms. The second-order valence-electron chi connectivity index (χ2n) is 0.896. The zero-order valence-electron chi connectivity index (χ0n) is 4.54. The summed E-state index contributed by atoms with van der Waals surface area (Å²) < 4.78 is 50.9. The van der Waals surface area contributed by atoms with E-state index in [-0.39, 0.29) is 22.4 Å². The average Bonchev–Trinajstić information content (AvgIpc) is 1.12. The molecule has 0 unspecified atom stereocenters. The van der Waals surface area contributed by atoms with Gasteiger partial charge in [-0.2, -0.15) is 16.8 Å². The third kappa shape index (κ3) is 608. The van der Waals surface area contributed by atoms with Crippen molar-refractivity contribution in [2.75, 3.05) is 0 Å². The molecule has 0 aromatic heterocycles. The summed E-state index contributed by atoms with van der Waals surface area (Å²) in [5, 5.41) is 0. The van der Waals surface area contributed by atoms with Gasteiger partial charge in [-0.05, 0) is 23.3 Å². The van der Waals surface area contributed by atoms with E-state index in [1.807, 2.05) is 0 Å². The Labute approximate surface area is 89.4 Å². The van der Waals surface area contributed by atoms with E-state index in [0.29, 0.717) is 0 Å². The molecule has 0 saturated carbocycles. The molecule has 2 N–H and O–H groups in total. The molecular weight excluding hydrogens is 421 g/mol. The molecule has 0 spiro atoms.